The molecule has 0 heterocycles. The number of carbonyl (C=O) groups is 2. The lowest BCUT2D eigenvalue weighted by Gasteiger charge is -2.27. The fourth-order valence-electron chi connectivity index (χ4n) is 2.06. The summed E-state index contributed by atoms with van der Waals surface area (Å²) < 4.78 is 10.0. The van der Waals surface area contributed by atoms with Crippen LogP contribution in [0.3, 0.4) is 0 Å². The highest BCUT2D eigenvalue weighted by molar-refractivity contribution is 5.83. The minimum absolute atomic E-state index is 0.101. The van der Waals surface area contributed by atoms with Gasteiger partial charge in [0.1, 0.15) is 0 Å². The van der Waals surface area contributed by atoms with Crippen LogP contribution < -0.4 is 0 Å². The van der Waals surface area contributed by atoms with E-state index in [2.05, 4.69) is 11.7 Å². The molecule has 0 fully saturated rings. The fraction of sp³-hybridized carbons (Fsp3) is 0.867. The zero-order valence-corrected chi connectivity index (χ0v) is 12.8. The van der Waals surface area contributed by atoms with Gasteiger partial charge in [0.15, 0.2) is 0 Å². The molecule has 0 spiro atoms. The van der Waals surface area contributed by atoms with Crippen molar-refractivity contribution < 1.29 is 19.1 Å². The van der Waals surface area contributed by atoms with E-state index < -0.39 is 5.41 Å². The molecule has 0 saturated heterocycles. The van der Waals surface area contributed by atoms with Crippen LogP contribution in [0.4, 0.5) is 0 Å². The Morgan fingerprint density at radius 1 is 1.00 bits per heavy atom. The Bertz CT molecular complexity index is 269. The van der Waals surface area contributed by atoms with E-state index in [0.717, 1.165) is 25.7 Å². The molecule has 0 aliphatic carbocycles. The lowest BCUT2D eigenvalue weighted by Crippen LogP contribution is -2.35. The van der Waals surface area contributed by atoms with Gasteiger partial charge in [0, 0.05) is 0 Å². The molecule has 0 aromatic rings. The number of hydrogen-bond donors (Lipinski definition) is 0. The summed E-state index contributed by atoms with van der Waals surface area (Å²) >= 11 is 0. The molecular weight excluding hydrogens is 244 g/mol. The Morgan fingerprint density at radius 3 is 2.11 bits per heavy atom. The van der Waals surface area contributed by atoms with Gasteiger partial charge in [-0.15, -0.1) is 0 Å². The van der Waals surface area contributed by atoms with Crippen molar-refractivity contribution in [2.45, 2.75) is 65.7 Å². The van der Waals surface area contributed by atoms with Crippen LogP contribution in [0.25, 0.3) is 0 Å². The summed E-state index contributed by atoms with van der Waals surface area (Å²) in [5, 5.41) is 0. The molecule has 0 unspecified atom stereocenters. The zero-order valence-electron chi connectivity index (χ0n) is 12.8. The molecule has 0 aliphatic heterocycles. The van der Waals surface area contributed by atoms with Crippen molar-refractivity contribution >= 4 is 11.9 Å². The molecule has 0 aromatic heterocycles. The van der Waals surface area contributed by atoms with Gasteiger partial charge in [-0.2, -0.15) is 0 Å². The highest BCUT2D eigenvalue weighted by atomic mass is 16.5. The first kappa shape index (κ1) is 17.9. The topological polar surface area (TPSA) is 52.6 Å². The van der Waals surface area contributed by atoms with Gasteiger partial charge in [0.25, 0.3) is 0 Å². The fourth-order valence-corrected chi connectivity index (χ4v) is 2.06. The maximum Gasteiger partial charge on any atom is 0.312 e. The number of ether oxygens (including phenoxy) is 2. The van der Waals surface area contributed by atoms with E-state index >= 15 is 0 Å². The molecular formula is C15H28O4. The third kappa shape index (κ3) is 6.08. The van der Waals surface area contributed by atoms with E-state index in [9.17, 15) is 9.59 Å². The molecule has 4 heteroatoms. The van der Waals surface area contributed by atoms with Crippen LogP contribution in [0.5, 0.6) is 0 Å². The van der Waals surface area contributed by atoms with E-state index in [1.165, 1.54) is 7.11 Å². The summed E-state index contributed by atoms with van der Waals surface area (Å²) in [6.45, 7) is 6.40. The minimum Gasteiger partial charge on any atom is -0.469 e. The van der Waals surface area contributed by atoms with E-state index in [1.807, 2.05) is 13.8 Å². The van der Waals surface area contributed by atoms with Crippen molar-refractivity contribution in [1.29, 1.82) is 0 Å². The number of rotatable bonds is 10. The van der Waals surface area contributed by atoms with Crippen LogP contribution in [0.2, 0.25) is 0 Å². The van der Waals surface area contributed by atoms with Gasteiger partial charge >= 0.3 is 11.9 Å². The lowest BCUT2D eigenvalue weighted by molar-refractivity contribution is -0.162. The first-order chi connectivity index (χ1) is 9.06. The van der Waals surface area contributed by atoms with E-state index in [4.69, 9.17) is 4.74 Å². The average molecular weight is 272 g/mol. The van der Waals surface area contributed by atoms with Crippen molar-refractivity contribution in [2.24, 2.45) is 5.41 Å². The van der Waals surface area contributed by atoms with Crippen molar-refractivity contribution in [1.82, 2.24) is 0 Å². The molecule has 0 N–H and O–H groups in total. The lowest BCUT2D eigenvalue weighted by atomic mass is 9.79. The first-order valence-corrected chi connectivity index (χ1v) is 7.30. The van der Waals surface area contributed by atoms with E-state index in [-0.39, 0.29) is 18.4 Å². The third-order valence-corrected chi connectivity index (χ3v) is 3.73. The molecule has 0 radical (unpaired) electrons. The summed E-state index contributed by atoms with van der Waals surface area (Å²) in [5.41, 5.74) is -0.724. The van der Waals surface area contributed by atoms with Gasteiger partial charge in [-0.1, -0.05) is 40.0 Å². The van der Waals surface area contributed by atoms with Gasteiger partial charge in [-0.25, -0.2) is 0 Å². The molecule has 0 aromatic carbocycles. The van der Waals surface area contributed by atoms with Crippen molar-refractivity contribution in [3.8, 4) is 0 Å². The molecule has 0 amide bonds. The largest absolute Gasteiger partial charge is 0.469 e. The average Bonchev–Trinajstić information content (AvgIpc) is 2.44. The molecule has 19 heavy (non-hydrogen) atoms. The maximum absolute atomic E-state index is 12.2. The zero-order chi connectivity index (χ0) is 14.7. The van der Waals surface area contributed by atoms with Crippen molar-refractivity contribution in [2.75, 3.05) is 13.7 Å². The Labute approximate surface area is 116 Å². The molecule has 0 aliphatic rings. The second-order valence-electron chi connectivity index (χ2n) is 4.94. The summed E-state index contributed by atoms with van der Waals surface area (Å²) in [6, 6.07) is 0. The number of esters is 2. The van der Waals surface area contributed by atoms with Crippen molar-refractivity contribution in [3.05, 3.63) is 0 Å². The number of hydrogen-bond acceptors (Lipinski definition) is 4. The van der Waals surface area contributed by atoms with Gasteiger partial charge in [0.2, 0.25) is 0 Å². The molecule has 0 saturated carbocycles. The van der Waals surface area contributed by atoms with Gasteiger partial charge in [-0.05, 0) is 19.3 Å². The van der Waals surface area contributed by atoms with Crippen LogP contribution in [-0.2, 0) is 19.1 Å². The second-order valence-corrected chi connectivity index (χ2v) is 4.94. The third-order valence-electron chi connectivity index (χ3n) is 3.73. The molecule has 0 atom stereocenters. The minimum atomic E-state index is -0.724. The van der Waals surface area contributed by atoms with Crippen LogP contribution in [-0.4, -0.2) is 25.7 Å². The number of methoxy groups -OCH3 is 1. The summed E-state index contributed by atoms with van der Waals surface area (Å²) in [4.78, 5) is 23.6. The van der Waals surface area contributed by atoms with E-state index in [0.29, 0.717) is 19.4 Å². The second kappa shape index (κ2) is 9.82. The Hall–Kier alpha value is -1.06. The molecule has 0 rings (SSSR count). The standard InChI is InChI=1S/C15H28O4/c1-5-8-9-10-11-19-14(17)15(6-2,7-3)12-13(16)18-4/h5-12H2,1-4H3. The van der Waals surface area contributed by atoms with Gasteiger partial charge < -0.3 is 9.47 Å². The first-order valence-electron chi connectivity index (χ1n) is 7.30. The number of carbonyl (C=O) groups excluding carboxylic acids is 2. The predicted octanol–water partition coefficient (Wildman–Crippen LogP) is 3.48. The predicted molar refractivity (Wildman–Crippen MR) is 74.7 cm³/mol. The highest BCUT2D eigenvalue weighted by Crippen LogP contribution is 2.32. The SMILES string of the molecule is CCCCCCOC(=O)C(CC)(CC)CC(=O)OC. The number of unbranched alkanes of at least 4 members (excludes halogenated alkanes) is 3. The Kier molecular flexibility index (Phi) is 9.27. The van der Waals surface area contributed by atoms with Crippen LogP contribution >= 0.6 is 0 Å². The molecule has 112 valence electrons. The quantitative estimate of drug-likeness (QED) is 0.451. The van der Waals surface area contributed by atoms with Crippen LogP contribution in [0, 0.1) is 5.41 Å². The normalized spacial score (nSPS) is 11.2. The monoisotopic (exact) mass is 272 g/mol. The molecule has 4 nitrogen and oxygen atoms in total. The van der Waals surface area contributed by atoms with E-state index in [1.54, 1.807) is 0 Å². The van der Waals surface area contributed by atoms with Gasteiger partial charge in [-0.3, -0.25) is 9.59 Å². The summed E-state index contributed by atoms with van der Waals surface area (Å²) in [7, 11) is 1.34. The Morgan fingerprint density at radius 2 is 1.63 bits per heavy atom. The van der Waals surface area contributed by atoms with Crippen molar-refractivity contribution in [3.63, 3.8) is 0 Å². The Balaban J connectivity index is 4.35. The van der Waals surface area contributed by atoms with Crippen LogP contribution in [0.15, 0.2) is 0 Å². The maximum atomic E-state index is 12.2. The van der Waals surface area contributed by atoms with Crippen LogP contribution in [0.1, 0.15) is 65.7 Å². The molecule has 0 bridgehead atoms. The van der Waals surface area contributed by atoms with Gasteiger partial charge in [0.05, 0.1) is 25.6 Å². The summed E-state index contributed by atoms with van der Waals surface area (Å²) in [6.07, 6.45) is 5.56. The smallest absolute Gasteiger partial charge is 0.312 e. The summed E-state index contributed by atoms with van der Waals surface area (Å²) in [5.74, 6) is -0.619. The highest BCUT2D eigenvalue weighted by Gasteiger charge is 2.39.